The van der Waals surface area contributed by atoms with E-state index in [9.17, 15) is 19.1 Å². The first kappa shape index (κ1) is 18.4. The molecular formula is C18H13ClFN2O3S-. The Balaban J connectivity index is 1.92. The van der Waals surface area contributed by atoms with Crippen LogP contribution in [-0.2, 0) is 16.1 Å². The van der Waals surface area contributed by atoms with Gasteiger partial charge in [-0.05, 0) is 42.0 Å². The van der Waals surface area contributed by atoms with Crippen LogP contribution in [0, 0.1) is 5.82 Å². The van der Waals surface area contributed by atoms with Crippen LogP contribution in [-0.4, -0.2) is 27.2 Å². The summed E-state index contributed by atoms with van der Waals surface area (Å²) in [4.78, 5) is 29.5. The Labute approximate surface area is 158 Å². The van der Waals surface area contributed by atoms with Gasteiger partial charge in [-0.3, -0.25) is 9.69 Å². The van der Waals surface area contributed by atoms with Gasteiger partial charge in [0.05, 0.1) is 23.5 Å². The van der Waals surface area contributed by atoms with E-state index >= 15 is 0 Å². The number of rotatable bonds is 4. The van der Waals surface area contributed by atoms with Gasteiger partial charge in [-0.25, -0.2) is 9.38 Å². The minimum Gasteiger partial charge on any atom is -0.549 e. The quantitative estimate of drug-likeness (QED) is 0.803. The lowest BCUT2D eigenvalue weighted by atomic mass is 10.2. The molecule has 0 aliphatic carbocycles. The standard InChI is InChI=1S/C18H14ClFN2O3S/c19-12-3-1-11(2-4-12)10-22-16(23)9-15(17(24)25)26-18(22)21-14-7-5-13(20)6-8-14/h1-8,15H,9-10H2,(H,24,25)/p-1/t15-/m1/s1. The Morgan fingerprint density at radius 3 is 2.50 bits per heavy atom. The van der Waals surface area contributed by atoms with Crippen LogP contribution < -0.4 is 5.11 Å². The molecule has 1 atom stereocenters. The van der Waals surface area contributed by atoms with E-state index in [4.69, 9.17) is 11.6 Å². The molecule has 1 saturated heterocycles. The Morgan fingerprint density at radius 2 is 1.88 bits per heavy atom. The number of aliphatic imine (C=N–C) groups is 1. The molecule has 8 heteroatoms. The second kappa shape index (κ2) is 7.88. The van der Waals surface area contributed by atoms with Crippen LogP contribution in [0.1, 0.15) is 12.0 Å². The topological polar surface area (TPSA) is 72.8 Å². The first-order valence-electron chi connectivity index (χ1n) is 7.69. The van der Waals surface area contributed by atoms with Gasteiger partial charge in [0.1, 0.15) is 5.82 Å². The second-order valence-electron chi connectivity index (χ2n) is 5.61. The highest BCUT2D eigenvalue weighted by Gasteiger charge is 2.32. The smallest absolute Gasteiger partial charge is 0.230 e. The number of hydrogen-bond acceptors (Lipinski definition) is 5. The molecule has 0 radical (unpaired) electrons. The molecule has 134 valence electrons. The zero-order valence-corrected chi connectivity index (χ0v) is 15.0. The van der Waals surface area contributed by atoms with E-state index in [2.05, 4.69) is 4.99 Å². The number of carbonyl (C=O) groups is 2. The van der Waals surface area contributed by atoms with Crippen LogP contribution in [0.25, 0.3) is 0 Å². The Hall–Kier alpha value is -2.38. The number of benzene rings is 2. The van der Waals surface area contributed by atoms with E-state index in [1.807, 2.05) is 0 Å². The largest absolute Gasteiger partial charge is 0.549 e. The van der Waals surface area contributed by atoms with Gasteiger partial charge in [0.15, 0.2) is 5.17 Å². The maximum atomic E-state index is 13.1. The lowest BCUT2D eigenvalue weighted by Gasteiger charge is -2.32. The normalized spacial score (nSPS) is 19.0. The minimum atomic E-state index is -1.32. The average Bonchev–Trinajstić information content (AvgIpc) is 2.61. The molecule has 1 amide bonds. The van der Waals surface area contributed by atoms with Crippen LogP contribution >= 0.6 is 23.4 Å². The van der Waals surface area contributed by atoms with Crippen molar-refractivity contribution >= 4 is 46.1 Å². The van der Waals surface area contributed by atoms with E-state index in [0.29, 0.717) is 10.7 Å². The van der Waals surface area contributed by atoms with Crippen molar-refractivity contribution in [3.63, 3.8) is 0 Å². The molecule has 1 aliphatic rings. The van der Waals surface area contributed by atoms with E-state index in [1.54, 1.807) is 24.3 Å². The van der Waals surface area contributed by atoms with Crippen LogP contribution in [0.15, 0.2) is 53.5 Å². The number of carboxylic acids is 1. The van der Waals surface area contributed by atoms with Crippen LogP contribution in [0.5, 0.6) is 0 Å². The number of thioether (sulfide) groups is 1. The number of aliphatic carboxylic acids is 1. The number of hydrogen-bond donors (Lipinski definition) is 0. The molecule has 0 saturated carbocycles. The summed E-state index contributed by atoms with van der Waals surface area (Å²) in [5.41, 5.74) is 1.24. The highest BCUT2D eigenvalue weighted by atomic mass is 35.5. The van der Waals surface area contributed by atoms with Crippen molar-refractivity contribution in [2.24, 2.45) is 4.99 Å². The molecule has 26 heavy (non-hydrogen) atoms. The van der Waals surface area contributed by atoms with Gasteiger partial charge < -0.3 is 9.90 Å². The van der Waals surface area contributed by atoms with Gasteiger partial charge in [0, 0.05) is 11.4 Å². The number of carboxylic acid groups (broad SMARTS) is 1. The molecule has 1 heterocycles. The highest BCUT2D eigenvalue weighted by Crippen LogP contribution is 2.30. The zero-order valence-electron chi connectivity index (χ0n) is 13.4. The lowest BCUT2D eigenvalue weighted by Crippen LogP contribution is -2.47. The number of amidine groups is 1. The molecule has 3 rings (SSSR count). The van der Waals surface area contributed by atoms with Crippen LogP contribution in [0.3, 0.4) is 0 Å². The fourth-order valence-corrected chi connectivity index (χ4v) is 3.53. The van der Waals surface area contributed by atoms with Crippen molar-refractivity contribution in [3.8, 4) is 0 Å². The van der Waals surface area contributed by atoms with Crippen LogP contribution in [0.2, 0.25) is 5.02 Å². The van der Waals surface area contributed by atoms with E-state index < -0.39 is 17.0 Å². The van der Waals surface area contributed by atoms with E-state index in [-0.39, 0.29) is 24.0 Å². The fourth-order valence-electron chi connectivity index (χ4n) is 2.38. The molecule has 0 spiro atoms. The number of amides is 1. The Bertz CT molecular complexity index is 856. The summed E-state index contributed by atoms with van der Waals surface area (Å²) in [5.74, 6) is -2.10. The summed E-state index contributed by atoms with van der Waals surface area (Å²) in [6.07, 6.45) is -0.178. The third-order valence-electron chi connectivity index (χ3n) is 3.71. The SMILES string of the molecule is O=C([O-])[C@H]1CC(=O)N(Cc2ccc(Cl)cc2)C(=Nc2ccc(F)cc2)S1. The van der Waals surface area contributed by atoms with Gasteiger partial charge in [0.2, 0.25) is 5.91 Å². The summed E-state index contributed by atoms with van der Waals surface area (Å²) in [5, 5.41) is 11.0. The van der Waals surface area contributed by atoms with Crippen molar-refractivity contribution < 1.29 is 19.1 Å². The molecule has 0 unspecified atom stereocenters. The molecule has 1 fully saturated rings. The van der Waals surface area contributed by atoms with Gasteiger partial charge in [-0.2, -0.15) is 0 Å². The second-order valence-corrected chi connectivity index (χ2v) is 7.21. The monoisotopic (exact) mass is 391 g/mol. The van der Waals surface area contributed by atoms with Crippen molar-refractivity contribution in [2.45, 2.75) is 18.2 Å². The van der Waals surface area contributed by atoms with Crippen LogP contribution in [0.4, 0.5) is 10.1 Å². The maximum Gasteiger partial charge on any atom is 0.230 e. The lowest BCUT2D eigenvalue weighted by molar-refractivity contribution is -0.304. The van der Waals surface area contributed by atoms with Gasteiger partial charge in [-0.15, -0.1) is 0 Å². The molecule has 0 aromatic heterocycles. The summed E-state index contributed by atoms with van der Waals surface area (Å²) in [6.45, 7) is 0.225. The highest BCUT2D eigenvalue weighted by molar-refractivity contribution is 8.15. The third kappa shape index (κ3) is 4.42. The van der Waals surface area contributed by atoms with Gasteiger partial charge >= 0.3 is 0 Å². The summed E-state index contributed by atoms with van der Waals surface area (Å²) in [7, 11) is 0. The number of halogens is 2. The maximum absolute atomic E-state index is 13.1. The van der Waals surface area contributed by atoms with Crippen molar-refractivity contribution in [3.05, 3.63) is 64.9 Å². The van der Waals surface area contributed by atoms with E-state index in [0.717, 1.165) is 17.3 Å². The molecule has 2 aromatic rings. The Morgan fingerprint density at radius 1 is 1.23 bits per heavy atom. The summed E-state index contributed by atoms with van der Waals surface area (Å²) < 4.78 is 13.1. The summed E-state index contributed by atoms with van der Waals surface area (Å²) >= 11 is 6.82. The van der Waals surface area contributed by atoms with Crippen molar-refractivity contribution in [1.29, 1.82) is 0 Å². The summed E-state index contributed by atoms with van der Waals surface area (Å²) in [6, 6.07) is 12.4. The predicted molar refractivity (Wildman–Crippen MR) is 96.5 cm³/mol. The van der Waals surface area contributed by atoms with E-state index in [1.165, 1.54) is 29.2 Å². The fraction of sp³-hybridized carbons (Fsp3) is 0.167. The predicted octanol–water partition coefficient (Wildman–Crippen LogP) is 2.75. The molecule has 5 nitrogen and oxygen atoms in total. The number of carbonyl (C=O) groups excluding carboxylic acids is 2. The van der Waals surface area contributed by atoms with Crippen molar-refractivity contribution in [2.75, 3.05) is 0 Å². The molecule has 2 aromatic carbocycles. The van der Waals surface area contributed by atoms with Gasteiger partial charge in [0.25, 0.3) is 0 Å². The average molecular weight is 392 g/mol. The van der Waals surface area contributed by atoms with Crippen molar-refractivity contribution in [1.82, 2.24) is 4.90 Å². The first-order chi connectivity index (χ1) is 12.4. The third-order valence-corrected chi connectivity index (χ3v) is 5.13. The molecule has 1 aliphatic heterocycles. The first-order valence-corrected chi connectivity index (χ1v) is 8.95. The molecule has 0 bridgehead atoms. The van der Waals surface area contributed by atoms with Gasteiger partial charge in [-0.1, -0.05) is 35.5 Å². The minimum absolute atomic E-state index is 0.178. The molecule has 0 N–H and O–H groups in total. The zero-order chi connectivity index (χ0) is 18.7. The molecular weight excluding hydrogens is 379 g/mol. The number of nitrogens with zero attached hydrogens (tertiary/aromatic N) is 2. The Kier molecular flexibility index (Phi) is 5.58.